The summed E-state index contributed by atoms with van der Waals surface area (Å²) in [7, 11) is 0. The van der Waals surface area contributed by atoms with Crippen molar-refractivity contribution in [3.63, 3.8) is 0 Å². The molecule has 0 amide bonds. The summed E-state index contributed by atoms with van der Waals surface area (Å²) in [6.07, 6.45) is 5.61. The number of rotatable bonds is 4. The summed E-state index contributed by atoms with van der Waals surface area (Å²) in [6, 6.07) is 0. The van der Waals surface area contributed by atoms with Gasteiger partial charge in [0, 0.05) is 19.4 Å². The standard InChI is InChI=1S/C13H24O3/c1-3-12(11-14-4-2)5-7-13(8-6-12)15-9-10-16-13/h3-11H2,1-2H3. The van der Waals surface area contributed by atoms with Crippen LogP contribution in [-0.2, 0) is 14.2 Å². The van der Waals surface area contributed by atoms with Crippen molar-refractivity contribution in [2.75, 3.05) is 26.4 Å². The molecular formula is C13H24O3. The van der Waals surface area contributed by atoms with Crippen LogP contribution in [0.5, 0.6) is 0 Å². The van der Waals surface area contributed by atoms with Crippen molar-refractivity contribution in [3.05, 3.63) is 0 Å². The van der Waals surface area contributed by atoms with Crippen LogP contribution in [0.25, 0.3) is 0 Å². The Kier molecular flexibility index (Phi) is 3.88. The maximum absolute atomic E-state index is 5.76. The second kappa shape index (κ2) is 5.03. The van der Waals surface area contributed by atoms with E-state index >= 15 is 0 Å². The molecule has 0 aromatic carbocycles. The Morgan fingerprint density at radius 1 is 1.00 bits per heavy atom. The lowest BCUT2D eigenvalue weighted by Crippen LogP contribution is -2.41. The molecule has 0 radical (unpaired) electrons. The van der Waals surface area contributed by atoms with E-state index in [1.807, 2.05) is 0 Å². The molecule has 0 unspecified atom stereocenters. The molecule has 94 valence electrons. The lowest BCUT2D eigenvalue weighted by molar-refractivity contribution is -0.196. The van der Waals surface area contributed by atoms with E-state index in [1.54, 1.807) is 0 Å². The lowest BCUT2D eigenvalue weighted by atomic mass is 9.71. The second-order valence-electron chi connectivity index (χ2n) is 5.10. The monoisotopic (exact) mass is 228 g/mol. The molecule has 2 aliphatic rings. The average Bonchev–Trinajstić information content (AvgIpc) is 2.78. The third-order valence-corrected chi connectivity index (χ3v) is 4.25. The predicted octanol–water partition coefficient (Wildman–Crippen LogP) is 2.74. The van der Waals surface area contributed by atoms with Gasteiger partial charge in [-0.1, -0.05) is 6.92 Å². The van der Waals surface area contributed by atoms with Gasteiger partial charge in [0.05, 0.1) is 19.8 Å². The van der Waals surface area contributed by atoms with Crippen LogP contribution in [0.2, 0.25) is 0 Å². The number of ether oxygens (including phenoxy) is 3. The Bertz CT molecular complexity index is 211. The molecule has 1 aliphatic heterocycles. The lowest BCUT2D eigenvalue weighted by Gasteiger charge is -2.43. The smallest absolute Gasteiger partial charge is 0.168 e. The Labute approximate surface area is 98.4 Å². The SMILES string of the molecule is CCOCC1(CC)CCC2(CC1)OCCO2. The van der Waals surface area contributed by atoms with Crippen LogP contribution in [-0.4, -0.2) is 32.2 Å². The van der Waals surface area contributed by atoms with E-state index in [4.69, 9.17) is 14.2 Å². The molecule has 0 N–H and O–H groups in total. The first kappa shape index (κ1) is 12.3. The molecule has 1 heterocycles. The van der Waals surface area contributed by atoms with Crippen molar-refractivity contribution in [3.8, 4) is 0 Å². The minimum Gasteiger partial charge on any atom is -0.381 e. The summed E-state index contributed by atoms with van der Waals surface area (Å²) in [6.45, 7) is 7.59. The van der Waals surface area contributed by atoms with Gasteiger partial charge in [-0.3, -0.25) is 0 Å². The quantitative estimate of drug-likeness (QED) is 0.740. The fraction of sp³-hybridized carbons (Fsp3) is 1.00. The van der Waals surface area contributed by atoms with Gasteiger partial charge in [0.25, 0.3) is 0 Å². The summed E-state index contributed by atoms with van der Waals surface area (Å²) >= 11 is 0. The zero-order chi connectivity index (χ0) is 11.5. The maximum Gasteiger partial charge on any atom is 0.168 e. The van der Waals surface area contributed by atoms with Crippen LogP contribution in [0.1, 0.15) is 46.0 Å². The Balaban J connectivity index is 1.90. The minimum atomic E-state index is -0.231. The van der Waals surface area contributed by atoms with E-state index < -0.39 is 0 Å². The zero-order valence-electron chi connectivity index (χ0n) is 10.6. The number of hydrogen-bond acceptors (Lipinski definition) is 3. The number of hydrogen-bond donors (Lipinski definition) is 0. The van der Waals surface area contributed by atoms with Gasteiger partial charge in [-0.2, -0.15) is 0 Å². The molecule has 1 aliphatic carbocycles. The molecule has 0 aromatic rings. The van der Waals surface area contributed by atoms with Crippen LogP contribution >= 0.6 is 0 Å². The molecule has 1 saturated carbocycles. The van der Waals surface area contributed by atoms with Gasteiger partial charge < -0.3 is 14.2 Å². The van der Waals surface area contributed by atoms with Gasteiger partial charge in [0.1, 0.15) is 0 Å². The van der Waals surface area contributed by atoms with Gasteiger partial charge in [-0.05, 0) is 31.6 Å². The van der Waals surface area contributed by atoms with E-state index in [9.17, 15) is 0 Å². The minimum absolute atomic E-state index is 0.231. The van der Waals surface area contributed by atoms with Crippen LogP contribution in [0, 0.1) is 5.41 Å². The van der Waals surface area contributed by atoms with E-state index in [1.165, 1.54) is 19.3 Å². The summed E-state index contributed by atoms with van der Waals surface area (Å²) in [5.41, 5.74) is 0.372. The average molecular weight is 228 g/mol. The van der Waals surface area contributed by atoms with Gasteiger partial charge in [0.2, 0.25) is 0 Å². The van der Waals surface area contributed by atoms with Crippen molar-refractivity contribution in [2.45, 2.75) is 51.7 Å². The van der Waals surface area contributed by atoms with Crippen LogP contribution in [0.3, 0.4) is 0 Å². The second-order valence-corrected chi connectivity index (χ2v) is 5.10. The first-order valence-corrected chi connectivity index (χ1v) is 6.60. The molecule has 1 spiro atoms. The Morgan fingerprint density at radius 2 is 1.62 bits per heavy atom. The molecule has 0 atom stereocenters. The highest BCUT2D eigenvalue weighted by molar-refractivity contribution is 4.90. The molecule has 2 rings (SSSR count). The van der Waals surface area contributed by atoms with Crippen LogP contribution < -0.4 is 0 Å². The van der Waals surface area contributed by atoms with Gasteiger partial charge in [0.15, 0.2) is 5.79 Å². The molecule has 1 saturated heterocycles. The van der Waals surface area contributed by atoms with E-state index in [2.05, 4.69) is 13.8 Å². The molecule has 0 bridgehead atoms. The Hall–Kier alpha value is -0.120. The topological polar surface area (TPSA) is 27.7 Å². The highest BCUT2D eigenvalue weighted by Crippen LogP contribution is 2.46. The summed E-state index contributed by atoms with van der Waals surface area (Å²) < 4.78 is 17.2. The summed E-state index contributed by atoms with van der Waals surface area (Å²) in [4.78, 5) is 0. The van der Waals surface area contributed by atoms with E-state index in [-0.39, 0.29) is 5.79 Å². The largest absolute Gasteiger partial charge is 0.381 e. The molecule has 0 aromatic heterocycles. The third-order valence-electron chi connectivity index (χ3n) is 4.25. The van der Waals surface area contributed by atoms with Crippen molar-refractivity contribution in [1.82, 2.24) is 0 Å². The van der Waals surface area contributed by atoms with Crippen molar-refractivity contribution in [2.24, 2.45) is 5.41 Å². The van der Waals surface area contributed by atoms with E-state index in [0.29, 0.717) is 5.41 Å². The molecule has 3 heteroatoms. The van der Waals surface area contributed by atoms with E-state index in [0.717, 1.165) is 39.3 Å². The van der Waals surface area contributed by atoms with Crippen LogP contribution in [0.15, 0.2) is 0 Å². The van der Waals surface area contributed by atoms with Crippen molar-refractivity contribution in [1.29, 1.82) is 0 Å². The maximum atomic E-state index is 5.76. The third kappa shape index (κ3) is 2.41. The van der Waals surface area contributed by atoms with Gasteiger partial charge in [-0.25, -0.2) is 0 Å². The molecular weight excluding hydrogens is 204 g/mol. The molecule has 16 heavy (non-hydrogen) atoms. The highest BCUT2D eigenvalue weighted by atomic mass is 16.7. The highest BCUT2D eigenvalue weighted by Gasteiger charge is 2.45. The summed E-state index contributed by atoms with van der Waals surface area (Å²) in [5.74, 6) is -0.231. The molecule has 3 nitrogen and oxygen atoms in total. The summed E-state index contributed by atoms with van der Waals surface area (Å²) in [5, 5.41) is 0. The van der Waals surface area contributed by atoms with Crippen molar-refractivity contribution >= 4 is 0 Å². The zero-order valence-corrected chi connectivity index (χ0v) is 10.6. The van der Waals surface area contributed by atoms with Crippen molar-refractivity contribution < 1.29 is 14.2 Å². The molecule has 2 fully saturated rings. The Morgan fingerprint density at radius 3 is 2.12 bits per heavy atom. The van der Waals surface area contributed by atoms with Gasteiger partial charge in [-0.15, -0.1) is 0 Å². The fourth-order valence-electron chi connectivity index (χ4n) is 2.87. The normalized spacial score (nSPS) is 27.4. The first-order valence-electron chi connectivity index (χ1n) is 6.60. The predicted molar refractivity (Wildman–Crippen MR) is 62.3 cm³/mol. The van der Waals surface area contributed by atoms with Crippen LogP contribution in [0.4, 0.5) is 0 Å². The van der Waals surface area contributed by atoms with Gasteiger partial charge >= 0.3 is 0 Å². The fourth-order valence-corrected chi connectivity index (χ4v) is 2.87. The first-order chi connectivity index (χ1) is 7.74.